The lowest BCUT2D eigenvalue weighted by molar-refractivity contribution is 0.201. The van der Waals surface area contributed by atoms with Crippen LogP contribution in [-0.2, 0) is 11.2 Å². The minimum atomic E-state index is 0.703. The molecule has 3 aliphatic rings. The van der Waals surface area contributed by atoms with Gasteiger partial charge in [0.2, 0.25) is 5.13 Å². The molecule has 3 saturated carbocycles. The average Bonchev–Trinajstić information content (AvgIpc) is 2.81. The van der Waals surface area contributed by atoms with Crippen molar-refractivity contribution in [3.63, 3.8) is 0 Å². The Bertz CT molecular complexity index is 433. The summed E-state index contributed by atoms with van der Waals surface area (Å²) in [4.78, 5) is 4.54. The summed E-state index contributed by atoms with van der Waals surface area (Å²) in [5.41, 5.74) is 0. The highest BCUT2D eigenvalue weighted by atomic mass is 32.1. The first-order valence-electron chi connectivity index (χ1n) is 6.95. The predicted octanol–water partition coefficient (Wildman–Crippen LogP) is 2.18. The van der Waals surface area contributed by atoms with Gasteiger partial charge in [-0.25, -0.2) is 4.98 Å². The second kappa shape index (κ2) is 4.17. The van der Waals surface area contributed by atoms with Gasteiger partial charge in [-0.3, -0.25) is 0 Å². The molecule has 1 aromatic rings. The van der Waals surface area contributed by atoms with Crippen molar-refractivity contribution < 1.29 is 4.74 Å². The maximum Gasteiger partial charge on any atom is 0.202 e. The summed E-state index contributed by atoms with van der Waals surface area (Å²) in [7, 11) is 1.71. The van der Waals surface area contributed by atoms with E-state index in [-0.39, 0.29) is 0 Å². The topological polar surface area (TPSA) is 47.0 Å². The van der Waals surface area contributed by atoms with Crippen LogP contribution >= 0.6 is 11.5 Å². The number of hydrogen-bond acceptors (Lipinski definition) is 5. The lowest BCUT2D eigenvalue weighted by Gasteiger charge is -2.08. The highest BCUT2D eigenvalue weighted by Crippen LogP contribution is 2.66. The second-order valence-corrected chi connectivity index (χ2v) is 6.67. The van der Waals surface area contributed by atoms with E-state index < -0.39 is 0 Å². The number of nitrogens with zero attached hydrogens (tertiary/aromatic N) is 2. The van der Waals surface area contributed by atoms with Crippen LogP contribution in [0, 0.1) is 23.7 Å². The summed E-state index contributed by atoms with van der Waals surface area (Å²) in [6.45, 7) is 0.703. The minimum Gasteiger partial charge on any atom is -0.384 e. The molecular weight excluding hydrogens is 246 g/mol. The van der Waals surface area contributed by atoms with E-state index in [1.54, 1.807) is 7.11 Å². The van der Waals surface area contributed by atoms with Gasteiger partial charge in [0.15, 0.2) is 0 Å². The fourth-order valence-corrected chi connectivity index (χ4v) is 4.93. The van der Waals surface area contributed by atoms with Crippen molar-refractivity contribution in [1.82, 2.24) is 9.36 Å². The van der Waals surface area contributed by atoms with Crippen molar-refractivity contribution in [2.45, 2.75) is 31.7 Å². The lowest BCUT2D eigenvalue weighted by atomic mass is 10.0. The summed E-state index contributed by atoms with van der Waals surface area (Å²) in [5.74, 6) is 4.85. The number of nitrogens with one attached hydrogen (secondary N) is 1. The van der Waals surface area contributed by atoms with Gasteiger partial charge in [0.05, 0.1) is 6.61 Å². The Kier molecular flexibility index (Phi) is 2.59. The molecule has 4 nitrogen and oxygen atoms in total. The molecule has 0 aromatic carbocycles. The van der Waals surface area contributed by atoms with Crippen LogP contribution in [0.4, 0.5) is 5.13 Å². The molecule has 4 atom stereocenters. The van der Waals surface area contributed by atoms with Crippen LogP contribution in [0.3, 0.4) is 0 Å². The van der Waals surface area contributed by atoms with E-state index in [1.165, 1.54) is 30.8 Å². The third kappa shape index (κ3) is 1.67. The Hall–Kier alpha value is -0.680. The molecule has 1 heterocycles. The average molecular weight is 265 g/mol. The van der Waals surface area contributed by atoms with Crippen molar-refractivity contribution in [1.29, 1.82) is 0 Å². The van der Waals surface area contributed by atoms with Crippen LogP contribution < -0.4 is 5.32 Å². The number of fused-ring (bicyclic) bond motifs is 5. The van der Waals surface area contributed by atoms with Crippen LogP contribution in [0.25, 0.3) is 0 Å². The predicted molar refractivity (Wildman–Crippen MR) is 70.7 cm³/mol. The first-order chi connectivity index (χ1) is 8.86. The van der Waals surface area contributed by atoms with Gasteiger partial charge in [0.25, 0.3) is 0 Å². The number of methoxy groups -OCH3 is 1. The fraction of sp³-hybridized carbons (Fsp3) is 0.846. The Morgan fingerprint density at radius 2 is 2.11 bits per heavy atom. The molecule has 0 aliphatic heterocycles. The number of hydrogen-bond donors (Lipinski definition) is 1. The monoisotopic (exact) mass is 265 g/mol. The fourth-order valence-electron chi connectivity index (χ4n) is 4.27. The van der Waals surface area contributed by atoms with Gasteiger partial charge in [-0.1, -0.05) is 0 Å². The van der Waals surface area contributed by atoms with Crippen molar-refractivity contribution in [3.8, 4) is 0 Å². The van der Waals surface area contributed by atoms with Gasteiger partial charge < -0.3 is 10.1 Å². The van der Waals surface area contributed by atoms with E-state index in [1.807, 2.05) is 0 Å². The number of anilines is 1. The van der Waals surface area contributed by atoms with Crippen molar-refractivity contribution in [2.75, 3.05) is 19.0 Å². The van der Waals surface area contributed by atoms with Gasteiger partial charge in [-0.15, -0.1) is 0 Å². The lowest BCUT2D eigenvalue weighted by Crippen LogP contribution is -2.12. The molecule has 2 bridgehead atoms. The molecule has 0 spiro atoms. The largest absolute Gasteiger partial charge is 0.384 e. The molecule has 1 aromatic heterocycles. The highest BCUT2D eigenvalue weighted by molar-refractivity contribution is 7.09. The molecule has 5 heteroatoms. The first-order valence-corrected chi connectivity index (χ1v) is 7.72. The maximum absolute atomic E-state index is 5.05. The SMILES string of the molecule is COCCc1nsc(NC2C3C4CCC(C4)C23)n1. The number of ether oxygens (including phenoxy) is 1. The molecule has 98 valence electrons. The van der Waals surface area contributed by atoms with E-state index in [4.69, 9.17) is 4.74 Å². The van der Waals surface area contributed by atoms with E-state index in [0.717, 1.165) is 41.0 Å². The van der Waals surface area contributed by atoms with Crippen LogP contribution in [-0.4, -0.2) is 29.1 Å². The van der Waals surface area contributed by atoms with Crippen LogP contribution in [0.1, 0.15) is 25.1 Å². The van der Waals surface area contributed by atoms with E-state index >= 15 is 0 Å². The van der Waals surface area contributed by atoms with Gasteiger partial charge in [0.1, 0.15) is 5.82 Å². The summed E-state index contributed by atoms with van der Waals surface area (Å²) in [6, 6.07) is 0.708. The Labute approximate surface area is 111 Å². The molecule has 0 radical (unpaired) electrons. The smallest absolute Gasteiger partial charge is 0.202 e. The second-order valence-electron chi connectivity index (χ2n) is 5.92. The molecular formula is C13H19N3OS. The summed E-state index contributed by atoms with van der Waals surface area (Å²) in [6.07, 6.45) is 5.26. The van der Waals surface area contributed by atoms with Crippen molar-refractivity contribution in [3.05, 3.63) is 5.82 Å². The zero-order valence-electron chi connectivity index (χ0n) is 10.6. The third-order valence-electron chi connectivity index (χ3n) is 5.02. The molecule has 3 fully saturated rings. The zero-order chi connectivity index (χ0) is 12.1. The van der Waals surface area contributed by atoms with Crippen LogP contribution in [0.15, 0.2) is 0 Å². The zero-order valence-corrected chi connectivity index (χ0v) is 11.4. The Balaban J connectivity index is 1.37. The van der Waals surface area contributed by atoms with E-state index in [0.29, 0.717) is 12.6 Å². The van der Waals surface area contributed by atoms with Gasteiger partial charge in [-0.05, 0) is 42.9 Å². The quantitative estimate of drug-likeness (QED) is 0.886. The Morgan fingerprint density at radius 1 is 1.33 bits per heavy atom. The molecule has 0 saturated heterocycles. The standard InChI is InChI=1S/C13H19N3OS/c1-17-5-4-9-14-13(18-16-9)15-12-10-7-2-3-8(6-7)11(10)12/h7-8,10-12H,2-6H2,1H3,(H,14,15,16). The molecule has 4 unspecified atom stereocenters. The summed E-state index contributed by atoms with van der Waals surface area (Å²) < 4.78 is 9.42. The molecule has 3 aliphatic carbocycles. The van der Waals surface area contributed by atoms with Gasteiger partial charge in [0, 0.05) is 31.1 Å². The summed E-state index contributed by atoms with van der Waals surface area (Å²) in [5, 5.41) is 4.63. The van der Waals surface area contributed by atoms with Crippen molar-refractivity contribution >= 4 is 16.7 Å². The van der Waals surface area contributed by atoms with Crippen LogP contribution in [0.5, 0.6) is 0 Å². The molecule has 4 rings (SSSR count). The van der Waals surface area contributed by atoms with Gasteiger partial charge >= 0.3 is 0 Å². The highest BCUT2D eigenvalue weighted by Gasteiger charge is 2.65. The molecule has 18 heavy (non-hydrogen) atoms. The van der Waals surface area contributed by atoms with Crippen LogP contribution in [0.2, 0.25) is 0 Å². The first kappa shape index (κ1) is 11.2. The number of rotatable bonds is 5. The third-order valence-corrected chi connectivity index (χ3v) is 5.71. The maximum atomic E-state index is 5.05. The molecule has 1 N–H and O–H groups in total. The number of aromatic nitrogens is 2. The Morgan fingerprint density at radius 3 is 2.83 bits per heavy atom. The van der Waals surface area contributed by atoms with Gasteiger partial charge in [-0.2, -0.15) is 4.37 Å². The minimum absolute atomic E-state index is 0.703. The van der Waals surface area contributed by atoms with Crippen molar-refractivity contribution in [2.24, 2.45) is 23.7 Å². The normalized spacial score (nSPS) is 39.9. The van der Waals surface area contributed by atoms with E-state index in [9.17, 15) is 0 Å². The van der Waals surface area contributed by atoms with E-state index in [2.05, 4.69) is 14.7 Å². The molecule has 0 amide bonds. The summed E-state index contributed by atoms with van der Waals surface area (Å²) >= 11 is 1.50.